The van der Waals surface area contributed by atoms with Gasteiger partial charge in [0.2, 0.25) is 0 Å². The molecule has 0 saturated carbocycles. The second kappa shape index (κ2) is 10.3. The minimum atomic E-state index is 0.138. The number of rotatable bonds is 6. The lowest BCUT2D eigenvalue weighted by molar-refractivity contribution is 0.709. The van der Waals surface area contributed by atoms with Crippen LogP contribution in [0, 0.1) is 0 Å². The van der Waals surface area contributed by atoms with Crippen molar-refractivity contribution in [1.82, 2.24) is 0 Å². The van der Waals surface area contributed by atoms with Crippen LogP contribution < -0.4 is 9.91 Å². The fourth-order valence-electron chi connectivity index (χ4n) is 4.22. The van der Waals surface area contributed by atoms with E-state index in [4.69, 9.17) is 10.1 Å². The molecule has 0 fully saturated rings. The summed E-state index contributed by atoms with van der Waals surface area (Å²) in [7, 11) is 4.13. The van der Waals surface area contributed by atoms with E-state index in [0.717, 1.165) is 39.1 Å². The Morgan fingerprint density at radius 3 is 2.34 bits per heavy atom. The minimum Gasteiger partial charge on any atom is -0.378 e. The monoisotopic (exact) mass is 522 g/mol. The smallest absolute Gasteiger partial charge is 0.0831 e. The molecule has 1 aliphatic rings. The van der Waals surface area contributed by atoms with Crippen LogP contribution in [-0.2, 0) is 0 Å². The van der Waals surface area contributed by atoms with Crippen LogP contribution in [0.25, 0.3) is 0 Å². The lowest BCUT2D eigenvalue weighted by atomic mass is 9.97. The lowest BCUT2D eigenvalue weighted by Crippen LogP contribution is -2.18. The average Bonchev–Trinajstić information content (AvgIpc) is 3.35. The molecule has 0 aliphatic carbocycles. The third kappa shape index (κ3) is 5.36. The summed E-state index contributed by atoms with van der Waals surface area (Å²) >= 11 is 3.48. The fourth-order valence-corrected chi connectivity index (χ4v) is 4.49. The Kier molecular flexibility index (Phi) is 6.77. The van der Waals surface area contributed by atoms with Gasteiger partial charge in [0.25, 0.3) is 0 Å². The summed E-state index contributed by atoms with van der Waals surface area (Å²) in [6.45, 7) is 0. The van der Waals surface area contributed by atoms with Crippen LogP contribution in [0.2, 0.25) is 0 Å². The van der Waals surface area contributed by atoms with E-state index in [0.29, 0.717) is 0 Å². The molecule has 0 spiro atoms. The Labute approximate surface area is 215 Å². The minimum absolute atomic E-state index is 0.138. The molecule has 35 heavy (non-hydrogen) atoms. The van der Waals surface area contributed by atoms with Crippen LogP contribution in [-0.4, -0.2) is 26.0 Å². The first-order chi connectivity index (χ1) is 17.1. The SMILES string of the molecule is CN(C)c1ccc(C2CC(c3cccc(N=Cc4ccc(Br)cc4)c3)=NN2c2ccccc2)cc1. The van der Waals surface area contributed by atoms with Crippen molar-refractivity contribution in [3.63, 3.8) is 0 Å². The number of anilines is 2. The molecule has 1 aliphatic heterocycles. The van der Waals surface area contributed by atoms with Crippen molar-refractivity contribution < 1.29 is 0 Å². The maximum absolute atomic E-state index is 5.10. The second-order valence-electron chi connectivity index (χ2n) is 8.79. The first-order valence-electron chi connectivity index (χ1n) is 11.7. The van der Waals surface area contributed by atoms with Crippen molar-refractivity contribution >= 4 is 44.9 Å². The highest BCUT2D eigenvalue weighted by Crippen LogP contribution is 2.37. The van der Waals surface area contributed by atoms with E-state index < -0.39 is 0 Å². The van der Waals surface area contributed by atoms with Gasteiger partial charge in [-0.3, -0.25) is 10.0 Å². The molecular weight excluding hydrogens is 496 g/mol. The number of hydrazone groups is 1. The number of hydrogen-bond donors (Lipinski definition) is 0. The summed E-state index contributed by atoms with van der Waals surface area (Å²) in [5, 5.41) is 7.25. The Hall–Kier alpha value is -3.70. The van der Waals surface area contributed by atoms with Gasteiger partial charge in [-0.25, -0.2) is 0 Å². The normalized spacial score (nSPS) is 15.5. The maximum Gasteiger partial charge on any atom is 0.0831 e. The molecule has 0 aromatic heterocycles. The largest absolute Gasteiger partial charge is 0.378 e. The zero-order valence-electron chi connectivity index (χ0n) is 19.8. The predicted octanol–water partition coefficient (Wildman–Crippen LogP) is 7.62. The standard InChI is InChI=1S/C30H27BrN4/c1-34(2)27-17-13-23(14-18-27)30-20-29(33-35(30)28-9-4-3-5-10-28)24-7-6-8-26(19-24)32-21-22-11-15-25(31)16-12-22/h3-19,21,30H,20H2,1-2H3. The van der Waals surface area contributed by atoms with Gasteiger partial charge in [-0.1, -0.05) is 70.5 Å². The quantitative estimate of drug-likeness (QED) is 0.244. The summed E-state index contributed by atoms with van der Waals surface area (Å²) in [4.78, 5) is 6.83. The van der Waals surface area contributed by atoms with Crippen LogP contribution in [0.5, 0.6) is 0 Å². The van der Waals surface area contributed by atoms with Gasteiger partial charge in [0.1, 0.15) is 0 Å². The van der Waals surface area contributed by atoms with E-state index in [-0.39, 0.29) is 6.04 Å². The molecule has 1 atom stereocenters. The van der Waals surface area contributed by atoms with E-state index in [1.807, 2.05) is 42.6 Å². The zero-order chi connectivity index (χ0) is 24.2. The molecule has 1 unspecified atom stereocenters. The van der Waals surface area contributed by atoms with Gasteiger partial charge in [-0.2, -0.15) is 5.10 Å². The number of nitrogens with zero attached hydrogens (tertiary/aromatic N) is 4. The Morgan fingerprint density at radius 1 is 0.886 bits per heavy atom. The van der Waals surface area contributed by atoms with Crippen LogP contribution in [0.15, 0.2) is 118 Å². The third-order valence-electron chi connectivity index (χ3n) is 6.14. The number of halogens is 1. The highest BCUT2D eigenvalue weighted by molar-refractivity contribution is 9.10. The van der Waals surface area contributed by atoms with Gasteiger partial charge in [-0.05, 0) is 65.2 Å². The molecule has 1 heterocycles. The molecule has 0 N–H and O–H groups in total. The molecule has 0 saturated heterocycles. The van der Waals surface area contributed by atoms with Crippen LogP contribution in [0.1, 0.15) is 29.2 Å². The molecule has 0 radical (unpaired) electrons. The van der Waals surface area contributed by atoms with Crippen molar-refractivity contribution in [2.75, 3.05) is 24.0 Å². The summed E-state index contributed by atoms with van der Waals surface area (Å²) in [6.07, 6.45) is 2.73. The topological polar surface area (TPSA) is 31.2 Å². The zero-order valence-corrected chi connectivity index (χ0v) is 21.4. The molecule has 4 aromatic carbocycles. The maximum atomic E-state index is 5.10. The van der Waals surface area contributed by atoms with Gasteiger partial charge in [0.05, 0.1) is 23.1 Å². The van der Waals surface area contributed by atoms with Crippen LogP contribution in [0.4, 0.5) is 17.1 Å². The highest BCUT2D eigenvalue weighted by atomic mass is 79.9. The number of hydrogen-bond acceptors (Lipinski definition) is 4. The van der Waals surface area contributed by atoms with E-state index >= 15 is 0 Å². The van der Waals surface area contributed by atoms with Gasteiger partial charge < -0.3 is 4.90 Å². The van der Waals surface area contributed by atoms with E-state index in [9.17, 15) is 0 Å². The first kappa shape index (κ1) is 23.1. The first-order valence-corrected chi connectivity index (χ1v) is 12.5. The Bertz CT molecular complexity index is 1340. The molecule has 5 heteroatoms. The predicted molar refractivity (Wildman–Crippen MR) is 151 cm³/mol. The van der Waals surface area contributed by atoms with Gasteiger partial charge in [-0.15, -0.1) is 0 Å². The van der Waals surface area contributed by atoms with E-state index in [1.165, 1.54) is 11.3 Å². The number of benzene rings is 4. The van der Waals surface area contributed by atoms with Crippen molar-refractivity contribution in [2.24, 2.45) is 10.1 Å². The molecule has 5 rings (SSSR count). The van der Waals surface area contributed by atoms with Gasteiger partial charge in [0.15, 0.2) is 0 Å². The molecule has 0 bridgehead atoms. The third-order valence-corrected chi connectivity index (χ3v) is 6.67. The molecule has 4 nitrogen and oxygen atoms in total. The van der Waals surface area contributed by atoms with E-state index in [1.54, 1.807) is 0 Å². The van der Waals surface area contributed by atoms with Crippen molar-refractivity contribution in [3.8, 4) is 0 Å². The molecule has 4 aromatic rings. The number of para-hydroxylation sites is 1. The average molecular weight is 523 g/mol. The number of aliphatic imine (C=N–C) groups is 1. The van der Waals surface area contributed by atoms with Gasteiger partial charge in [0, 0.05) is 36.9 Å². The molecular formula is C30H27BrN4. The molecule has 174 valence electrons. The summed E-state index contributed by atoms with van der Waals surface area (Å²) in [5.74, 6) is 0. The molecule has 0 amide bonds. The Morgan fingerprint density at radius 2 is 1.63 bits per heavy atom. The summed E-state index contributed by atoms with van der Waals surface area (Å²) < 4.78 is 1.06. The van der Waals surface area contributed by atoms with E-state index in [2.05, 4.69) is 107 Å². The van der Waals surface area contributed by atoms with Crippen molar-refractivity contribution in [3.05, 3.63) is 124 Å². The summed E-state index contributed by atoms with van der Waals surface area (Å²) in [6, 6.07) is 35.8. The van der Waals surface area contributed by atoms with Gasteiger partial charge >= 0.3 is 0 Å². The second-order valence-corrected chi connectivity index (χ2v) is 9.71. The fraction of sp³-hybridized carbons (Fsp3) is 0.133. The lowest BCUT2D eigenvalue weighted by Gasteiger charge is -2.24. The van der Waals surface area contributed by atoms with Crippen LogP contribution in [0.3, 0.4) is 0 Å². The van der Waals surface area contributed by atoms with Crippen LogP contribution >= 0.6 is 15.9 Å². The van der Waals surface area contributed by atoms with Crippen molar-refractivity contribution in [1.29, 1.82) is 0 Å². The summed E-state index contributed by atoms with van der Waals surface area (Å²) in [5.41, 5.74) is 7.68. The Balaban J connectivity index is 1.44. The highest BCUT2D eigenvalue weighted by Gasteiger charge is 2.30. The van der Waals surface area contributed by atoms with Crippen molar-refractivity contribution in [2.45, 2.75) is 12.5 Å².